The normalized spacial score (nSPS) is 24.9. The summed E-state index contributed by atoms with van der Waals surface area (Å²) in [6.07, 6.45) is 17.1. The van der Waals surface area contributed by atoms with E-state index in [1.54, 1.807) is 6.26 Å². The number of allylic oxidation sites excluding steroid dienone is 4. The van der Waals surface area contributed by atoms with Gasteiger partial charge in [-0.15, -0.1) is 0 Å². The zero-order valence-corrected chi connectivity index (χ0v) is 17.5. The molecule has 0 saturated carbocycles. The molecule has 0 radical (unpaired) electrons. The van der Waals surface area contributed by atoms with Crippen molar-refractivity contribution in [2.45, 2.75) is 50.6 Å². The standard InChI is InChI=1S/C25H24ClNO3/c26-20-8-6-18(7-9-20)19-13-21-10-11-22(14-19)27(21)25(28)24-16-29-15-23(30-24)12-17-4-2-1-3-5-17/h1-2,4,6-9,13,15-16,21-22H,3,5,10-12,14H2. The van der Waals surface area contributed by atoms with E-state index >= 15 is 0 Å². The van der Waals surface area contributed by atoms with E-state index in [1.807, 2.05) is 17.0 Å². The minimum atomic E-state index is -0.0861. The summed E-state index contributed by atoms with van der Waals surface area (Å²) in [7, 11) is 0. The van der Waals surface area contributed by atoms with Gasteiger partial charge >= 0.3 is 0 Å². The summed E-state index contributed by atoms with van der Waals surface area (Å²) in [5.41, 5.74) is 3.76. The highest BCUT2D eigenvalue weighted by atomic mass is 35.5. The number of carbonyl (C=O) groups excluding carboxylic acids is 1. The van der Waals surface area contributed by atoms with Crippen molar-refractivity contribution in [1.29, 1.82) is 0 Å². The Labute approximate surface area is 181 Å². The van der Waals surface area contributed by atoms with E-state index in [4.69, 9.17) is 21.1 Å². The maximum absolute atomic E-state index is 13.3. The van der Waals surface area contributed by atoms with E-state index in [1.165, 1.54) is 23.0 Å². The molecule has 1 aromatic carbocycles. The Bertz CT molecular complexity index is 1000. The molecule has 4 nitrogen and oxygen atoms in total. The SMILES string of the molecule is O=C(C1=COC=C(CC2=CC=CCC2)O1)N1C2C=C(c3ccc(Cl)cc3)CC1CC2. The van der Waals surface area contributed by atoms with Crippen LogP contribution in [0.15, 0.2) is 78.2 Å². The van der Waals surface area contributed by atoms with Gasteiger partial charge in [0.2, 0.25) is 5.76 Å². The molecule has 0 aromatic heterocycles. The number of ether oxygens (including phenoxy) is 2. The molecule has 30 heavy (non-hydrogen) atoms. The number of hydrogen-bond acceptors (Lipinski definition) is 3. The van der Waals surface area contributed by atoms with Gasteiger partial charge in [0, 0.05) is 17.5 Å². The summed E-state index contributed by atoms with van der Waals surface area (Å²) in [6, 6.07) is 8.21. The summed E-state index contributed by atoms with van der Waals surface area (Å²) in [4.78, 5) is 15.3. The predicted molar refractivity (Wildman–Crippen MR) is 117 cm³/mol. The van der Waals surface area contributed by atoms with Crippen LogP contribution in [-0.2, 0) is 14.3 Å². The molecule has 2 unspecified atom stereocenters. The molecule has 1 amide bonds. The van der Waals surface area contributed by atoms with Gasteiger partial charge in [-0.25, -0.2) is 0 Å². The van der Waals surface area contributed by atoms with Gasteiger partial charge in [0.15, 0.2) is 0 Å². The molecule has 5 rings (SSSR count). The number of hydrogen-bond donors (Lipinski definition) is 0. The number of halogens is 1. The Kier molecular flexibility index (Phi) is 5.26. The van der Waals surface area contributed by atoms with Crippen molar-refractivity contribution in [3.63, 3.8) is 0 Å². The highest BCUT2D eigenvalue weighted by Gasteiger charge is 2.41. The van der Waals surface area contributed by atoms with E-state index in [9.17, 15) is 4.79 Å². The summed E-state index contributed by atoms with van der Waals surface area (Å²) in [5.74, 6) is 0.876. The average molecular weight is 422 g/mol. The largest absolute Gasteiger partial charge is 0.465 e. The topological polar surface area (TPSA) is 38.8 Å². The fourth-order valence-corrected chi connectivity index (χ4v) is 4.83. The second kappa shape index (κ2) is 8.19. The minimum absolute atomic E-state index is 0.0861. The molecule has 3 aliphatic heterocycles. The Hall–Kier alpha value is -2.72. The van der Waals surface area contributed by atoms with Crippen LogP contribution < -0.4 is 0 Å². The Morgan fingerprint density at radius 3 is 2.80 bits per heavy atom. The molecule has 1 saturated heterocycles. The van der Waals surface area contributed by atoms with E-state index in [0.29, 0.717) is 12.2 Å². The molecule has 5 heteroatoms. The molecule has 4 aliphatic rings. The highest BCUT2D eigenvalue weighted by Crippen LogP contribution is 2.40. The molecule has 2 atom stereocenters. The van der Waals surface area contributed by atoms with Gasteiger partial charge in [-0.3, -0.25) is 4.79 Å². The molecular formula is C25H24ClNO3. The summed E-state index contributed by atoms with van der Waals surface area (Å²) >= 11 is 6.03. The number of rotatable bonds is 4. The van der Waals surface area contributed by atoms with Gasteiger partial charge in [-0.2, -0.15) is 0 Å². The van der Waals surface area contributed by atoms with Gasteiger partial charge in [-0.05, 0) is 55.4 Å². The smallest absolute Gasteiger partial charge is 0.293 e. The van der Waals surface area contributed by atoms with Crippen LogP contribution in [0.3, 0.4) is 0 Å². The quantitative estimate of drug-likeness (QED) is 0.609. The van der Waals surface area contributed by atoms with Crippen LogP contribution in [0.2, 0.25) is 5.02 Å². The van der Waals surface area contributed by atoms with Crippen LogP contribution >= 0.6 is 11.6 Å². The third kappa shape index (κ3) is 3.84. The Morgan fingerprint density at radius 2 is 2.03 bits per heavy atom. The molecule has 0 spiro atoms. The fraction of sp³-hybridized carbons (Fsp3) is 0.320. The van der Waals surface area contributed by atoms with Crippen molar-refractivity contribution in [3.8, 4) is 0 Å². The molecular weight excluding hydrogens is 398 g/mol. The zero-order chi connectivity index (χ0) is 20.5. The fourth-order valence-electron chi connectivity index (χ4n) is 4.71. The van der Waals surface area contributed by atoms with Crippen molar-refractivity contribution < 1.29 is 14.3 Å². The van der Waals surface area contributed by atoms with Crippen molar-refractivity contribution >= 4 is 23.1 Å². The number of fused-ring (bicyclic) bond motifs is 2. The highest BCUT2D eigenvalue weighted by molar-refractivity contribution is 6.30. The third-order valence-electron chi connectivity index (χ3n) is 6.17. The second-order valence-electron chi connectivity index (χ2n) is 8.19. The molecule has 1 fully saturated rings. The van der Waals surface area contributed by atoms with Gasteiger partial charge in [0.1, 0.15) is 18.3 Å². The maximum Gasteiger partial charge on any atom is 0.293 e. The number of nitrogens with zero attached hydrogens (tertiary/aromatic N) is 1. The van der Waals surface area contributed by atoms with E-state index in [2.05, 4.69) is 36.4 Å². The first kappa shape index (κ1) is 19.3. The first-order valence-electron chi connectivity index (χ1n) is 10.5. The van der Waals surface area contributed by atoms with Crippen LogP contribution in [0.5, 0.6) is 0 Å². The third-order valence-corrected chi connectivity index (χ3v) is 6.42. The van der Waals surface area contributed by atoms with Gasteiger partial charge in [0.05, 0.1) is 6.04 Å². The molecule has 154 valence electrons. The van der Waals surface area contributed by atoms with Crippen molar-refractivity contribution in [3.05, 3.63) is 88.8 Å². The lowest BCUT2D eigenvalue weighted by Gasteiger charge is -2.35. The van der Waals surface area contributed by atoms with Crippen LogP contribution in [0.25, 0.3) is 5.57 Å². The minimum Gasteiger partial charge on any atom is -0.465 e. The van der Waals surface area contributed by atoms with Crippen molar-refractivity contribution in [1.82, 2.24) is 4.90 Å². The summed E-state index contributed by atoms with van der Waals surface area (Å²) in [5, 5.41) is 0.736. The summed E-state index contributed by atoms with van der Waals surface area (Å²) in [6.45, 7) is 0. The van der Waals surface area contributed by atoms with Crippen LogP contribution in [0.1, 0.15) is 44.1 Å². The zero-order valence-electron chi connectivity index (χ0n) is 16.7. The molecule has 1 aromatic rings. The van der Waals surface area contributed by atoms with E-state index in [-0.39, 0.29) is 23.8 Å². The average Bonchev–Trinajstić information content (AvgIpc) is 3.04. The lowest BCUT2D eigenvalue weighted by molar-refractivity contribution is -0.132. The Balaban J connectivity index is 1.29. The van der Waals surface area contributed by atoms with Gasteiger partial charge in [-0.1, -0.05) is 53.6 Å². The molecule has 1 aliphatic carbocycles. The number of amides is 1. The van der Waals surface area contributed by atoms with Crippen molar-refractivity contribution in [2.24, 2.45) is 0 Å². The monoisotopic (exact) mass is 421 g/mol. The van der Waals surface area contributed by atoms with Crippen LogP contribution in [0, 0.1) is 0 Å². The Morgan fingerprint density at radius 1 is 1.17 bits per heavy atom. The molecule has 3 heterocycles. The van der Waals surface area contributed by atoms with E-state index < -0.39 is 0 Å². The second-order valence-corrected chi connectivity index (χ2v) is 8.62. The van der Waals surface area contributed by atoms with Gasteiger partial charge in [0.25, 0.3) is 5.91 Å². The number of benzene rings is 1. The maximum atomic E-state index is 13.3. The van der Waals surface area contributed by atoms with Crippen LogP contribution in [0.4, 0.5) is 0 Å². The molecule has 2 bridgehead atoms. The molecule has 0 N–H and O–H groups in total. The summed E-state index contributed by atoms with van der Waals surface area (Å²) < 4.78 is 11.4. The first-order chi connectivity index (χ1) is 14.7. The van der Waals surface area contributed by atoms with Crippen LogP contribution in [-0.4, -0.2) is 22.9 Å². The van der Waals surface area contributed by atoms with E-state index in [0.717, 1.165) is 37.1 Å². The number of carbonyl (C=O) groups is 1. The van der Waals surface area contributed by atoms with Crippen molar-refractivity contribution in [2.75, 3.05) is 0 Å². The first-order valence-corrected chi connectivity index (χ1v) is 10.9. The lowest BCUT2D eigenvalue weighted by atomic mass is 9.94. The predicted octanol–water partition coefficient (Wildman–Crippen LogP) is 5.88. The lowest BCUT2D eigenvalue weighted by Crippen LogP contribution is -2.44. The van der Waals surface area contributed by atoms with Gasteiger partial charge < -0.3 is 14.4 Å².